The Morgan fingerprint density at radius 2 is 1.46 bits per heavy atom. The first-order chi connectivity index (χ1) is 26.6. The van der Waals surface area contributed by atoms with Crippen LogP contribution in [0.15, 0.2) is 12.7 Å². The van der Waals surface area contributed by atoms with Crippen LogP contribution in [0.2, 0.25) is 0 Å². The molecule has 318 valence electrons. The summed E-state index contributed by atoms with van der Waals surface area (Å²) in [6.45, 7) is 19.8. The number of carbonyl (C=O) groups excluding carboxylic acids is 5. The molecule has 7 rings (SSSR count). The van der Waals surface area contributed by atoms with E-state index in [1.165, 1.54) is 0 Å². The van der Waals surface area contributed by atoms with Crippen molar-refractivity contribution >= 4 is 39.6 Å². The lowest BCUT2D eigenvalue weighted by atomic mass is 9.73. The van der Waals surface area contributed by atoms with Crippen LogP contribution in [-0.4, -0.2) is 102 Å². The van der Waals surface area contributed by atoms with Gasteiger partial charge < -0.3 is 20.9 Å². The first-order valence-electron chi connectivity index (χ1n) is 21.8. The average Bonchev–Trinajstić information content (AvgIpc) is 4.05. The standard InChI is InChI=1S/C43H68N6O7S/c1-9-28-24-43(28,37(54)47-57(55,56)29-18-19-29)46-33(50)30-25-42(40(7,8)41(42)20-15-21-41)26-49(30)35(52)32(38(2,3)4)45-34(51)31(27-16-11-10-12-17-27)44-36(53)39(5,6)48-22-13-14-23-48/h9,27-32H,1,10-26H2,2-8H3,(H,44,53)(H,45,51)(H,46,50)(H,47,54)/t28-,30+,31+,32-,42-,43-/m1/s1. The molecule has 4 N–H and O–H groups in total. The molecule has 57 heavy (non-hydrogen) atoms. The third-order valence-electron chi connectivity index (χ3n) is 16.2. The molecule has 0 radical (unpaired) electrons. The van der Waals surface area contributed by atoms with Crippen LogP contribution in [0.5, 0.6) is 0 Å². The number of nitrogens with zero attached hydrogens (tertiary/aromatic N) is 2. The zero-order valence-electron chi connectivity index (χ0n) is 35.4. The van der Waals surface area contributed by atoms with Gasteiger partial charge >= 0.3 is 0 Å². The van der Waals surface area contributed by atoms with E-state index in [-0.39, 0.29) is 40.4 Å². The smallest absolute Gasteiger partial charge is 0.259 e. The van der Waals surface area contributed by atoms with E-state index < -0.39 is 73.5 Å². The van der Waals surface area contributed by atoms with E-state index in [0.29, 0.717) is 25.8 Å². The molecular weight excluding hydrogens is 745 g/mol. The lowest BCUT2D eigenvalue weighted by Crippen LogP contribution is -2.64. The molecule has 2 heterocycles. The zero-order valence-corrected chi connectivity index (χ0v) is 36.2. The van der Waals surface area contributed by atoms with Crippen molar-refractivity contribution in [1.29, 1.82) is 0 Å². The van der Waals surface area contributed by atoms with Gasteiger partial charge in [0.05, 0.1) is 10.8 Å². The molecule has 2 saturated heterocycles. The van der Waals surface area contributed by atoms with Gasteiger partial charge in [0.2, 0.25) is 33.7 Å². The van der Waals surface area contributed by atoms with Gasteiger partial charge in [0, 0.05) is 17.9 Å². The highest BCUT2D eigenvalue weighted by Crippen LogP contribution is 2.88. The molecule has 0 aromatic rings. The highest BCUT2D eigenvalue weighted by molar-refractivity contribution is 7.91. The summed E-state index contributed by atoms with van der Waals surface area (Å²) in [5, 5.41) is 8.64. The van der Waals surface area contributed by atoms with E-state index in [0.717, 1.165) is 77.3 Å². The number of rotatable bonds is 13. The van der Waals surface area contributed by atoms with Crippen molar-refractivity contribution in [3.8, 4) is 0 Å². The van der Waals surface area contributed by atoms with Gasteiger partial charge in [-0.2, -0.15) is 0 Å². The van der Waals surface area contributed by atoms with Crippen molar-refractivity contribution in [2.45, 2.75) is 173 Å². The molecule has 14 heteroatoms. The maximum absolute atomic E-state index is 15.2. The fourth-order valence-electron chi connectivity index (χ4n) is 11.7. The van der Waals surface area contributed by atoms with E-state index in [2.05, 4.69) is 46.0 Å². The first kappa shape index (κ1) is 42.1. The molecule has 2 spiro atoms. The lowest BCUT2D eigenvalue weighted by Gasteiger charge is -2.39. The largest absolute Gasteiger partial charge is 0.342 e. The van der Waals surface area contributed by atoms with Crippen molar-refractivity contribution in [2.75, 3.05) is 19.6 Å². The molecule has 0 aromatic carbocycles. The van der Waals surface area contributed by atoms with Crippen molar-refractivity contribution in [2.24, 2.45) is 33.5 Å². The van der Waals surface area contributed by atoms with Crippen LogP contribution in [0.4, 0.5) is 0 Å². The molecule has 13 nitrogen and oxygen atoms in total. The Morgan fingerprint density at radius 3 is 1.96 bits per heavy atom. The van der Waals surface area contributed by atoms with Gasteiger partial charge in [-0.15, -0.1) is 6.58 Å². The summed E-state index contributed by atoms with van der Waals surface area (Å²) in [6.07, 6.45) is 12.9. The van der Waals surface area contributed by atoms with Crippen LogP contribution in [0.3, 0.4) is 0 Å². The van der Waals surface area contributed by atoms with Crippen LogP contribution in [-0.2, 0) is 34.0 Å². The summed E-state index contributed by atoms with van der Waals surface area (Å²) < 4.78 is 27.9. The van der Waals surface area contributed by atoms with Crippen molar-refractivity contribution < 1.29 is 32.4 Å². The molecule has 7 fully saturated rings. The quantitative estimate of drug-likeness (QED) is 0.203. The average molecular weight is 813 g/mol. The molecular formula is C43H68N6O7S. The molecule has 5 saturated carbocycles. The van der Waals surface area contributed by atoms with Crippen molar-refractivity contribution in [3.63, 3.8) is 0 Å². The van der Waals surface area contributed by atoms with Gasteiger partial charge in [-0.1, -0.05) is 66.4 Å². The fourth-order valence-corrected chi connectivity index (χ4v) is 13.1. The van der Waals surface area contributed by atoms with E-state index in [9.17, 15) is 27.6 Å². The molecule has 5 amide bonds. The lowest BCUT2D eigenvalue weighted by molar-refractivity contribution is -0.145. The van der Waals surface area contributed by atoms with Gasteiger partial charge in [-0.3, -0.25) is 33.6 Å². The summed E-state index contributed by atoms with van der Waals surface area (Å²) >= 11 is 0. The van der Waals surface area contributed by atoms with Crippen LogP contribution in [0.25, 0.3) is 0 Å². The minimum Gasteiger partial charge on any atom is -0.342 e. The minimum atomic E-state index is -3.87. The van der Waals surface area contributed by atoms with Gasteiger partial charge in [0.15, 0.2) is 0 Å². The van der Waals surface area contributed by atoms with E-state index >= 15 is 4.79 Å². The Labute approximate surface area is 340 Å². The van der Waals surface area contributed by atoms with Crippen molar-refractivity contribution in [1.82, 2.24) is 30.5 Å². The monoisotopic (exact) mass is 812 g/mol. The van der Waals surface area contributed by atoms with Gasteiger partial charge in [-0.25, -0.2) is 8.42 Å². The van der Waals surface area contributed by atoms with E-state index in [1.54, 1.807) is 11.0 Å². The Balaban J connectivity index is 1.16. The summed E-state index contributed by atoms with van der Waals surface area (Å²) in [6, 6.07) is -2.78. The van der Waals surface area contributed by atoms with Crippen LogP contribution >= 0.6 is 0 Å². The number of sulfonamides is 1. The molecule has 5 aliphatic carbocycles. The third kappa shape index (κ3) is 6.93. The second-order valence-corrected chi connectivity index (χ2v) is 22.9. The normalized spacial score (nSPS) is 31.9. The number of carbonyl (C=O) groups is 5. The van der Waals surface area contributed by atoms with Gasteiger partial charge in [0.1, 0.15) is 23.7 Å². The summed E-state index contributed by atoms with van der Waals surface area (Å²) in [5.74, 6) is -2.78. The first-order valence-corrected chi connectivity index (χ1v) is 23.3. The van der Waals surface area contributed by atoms with Gasteiger partial charge in [-0.05, 0) is 113 Å². The number of nitrogens with one attached hydrogen (secondary N) is 4. The zero-order chi connectivity index (χ0) is 41.6. The molecule has 7 aliphatic rings. The number of amides is 5. The number of hydrogen-bond acceptors (Lipinski definition) is 8. The van der Waals surface area contributed by atoms with E-state index in [4.69, 9.17) is 0 Å². The maximum atomic E-state index is 15.2. The maximum Gasteiger partial charge on any atom is 0.259 e. The Morgan fingerprint density at radius 1 is 0.825 bits per heavy atom. The number of fused-ring (bicyclic) bond motifs is 1. The number of hydrogen-bond donors (Lipinski definition) is 4. The Hall–Kier alpha value is -3.00. The Kier molecular flexibility index (Phi) is 10.6. The summed E-state index contributed by atoms with van der Waals surface area (Å²) in [5.41, 5.74) is -3.52. The second-order valence-electron chi connectivity index (χ2n) is 20.9. The van der Waals surface area contributed by atoms with E-state index in [1.807, 2.05) is 34.6 Å². The van der Waals surface area contributed by atoms with Crippen LogP contribution < -0.4 is 20.7 Å². The topological polar surface area (TPSA) is 174 Å². The molecule has 0 unspecified atom stereocenters. The van der Waals surface area contributed by atoms with Crippen molar-refractivity contribution in [3.05, 3.63) is 12.7 Å². The summed E-state index contributed by atoms with van der Waals surface area (Å²) in [4.78, 5) is 76.0. The third-order valence-corrected chi connectivity index (χ3v) is 18.0. The minimum absolute atomic E-state index is 0.0107. The van der Waals surface area contributed by atoms with Crippen LogP contribution in [0.1, 0.15) is 138 Å². The predicted octanol–water partition coefficient (Wildman–Crippen LogP) is 3.92. The molecule has 0 bridgehead atoms. The highest BCUT2D eigenvalue weighted by atomic mass is 32.2. The fraction of sp³-hybridized carbons (Fsp3) is 0.837. The molecule has 2 aliphatic heterocycles. The number of likely N-dealkylation sites (tertiary alicyclic amines) is 2. The Bertz CT molecular complexity index is 1790. The van der Waals surface area contributed by atoms with Gasteiger partial charge in [0.25, 0.3) is 5.91 Å². The predicted molar refractivity (Wildman–Crippen MR) is 217 cm³/mol. The summed E-state index contributed by atoms with van der Waals surface area (Å²) in [7, 11) is -3.87. The van der Waals surface area contributed by atoms with Crippen LogP contribution in [0, 0.1) is 33.5 Å². The second kappa shape index (κ2) is 14.3. The highest BCUT2D eigenvalue weighted by Gasteiger charge is 2.85. The SMILES string of the molecule is C=C[C@@H]1C[C@]1(NC(=O)[C@@H]1C[C@@]2(CN1C(=O)[C@@H](NC(=O)[C@@H](NC(=O)C(C)(C)N1CCCC1)C1CCCCC1)C(C)(C)C)C(C)(C)C21CCC1)C(=O)NS(=O)(=O)C1CC1. The molecule has 0 aromatic heterocycles. The molecule has 6 atom stereocenters.